The summed E-state index contributed by atoms with van der Waals surface area (Å²) in [5.74, 6) is 0. The van der Waals surface area contributed by atoms with Gasteiger partial charge < -0.3 is 5.73 Å². The van der Waals surface area contributed by atoms with Crippen molar-refractivity contribution in [3.63, 3.8) is 0 Å². The molecule has 0 aliphatic heterocycles. The summed E-state index contributed by atoms with van der Waals surface area (Å²) in [5, 5.41) is 10.4. The van der Waals surface area contributed by atoms with Crippen LogP contribution in [0.1, 0.15) is 5.56 Å². The zero-order valence-corrected chi connectivity index (χ0v) is 7.06. The van der Waals surface area contributed by atoms with Gasteiger partial charge >= 0.3 is 0 Å². The Balaban J connectivity index is 3.04. The lowest BCUT2D eigenvalue weighted by Crippen LogP contribution is -1.95. The van der Waals surface area contributed by atoms with Crippen LogP contribution in [0.3, 0.4) is 0 Å². The van der Waals surface area contributed by atoms with Crippen LogP contribution in [0.4, 0.5) is 11.4 Å². The van der Waals surface area contributed by atoms with Crippen molar-refractivity contribution in [3.8, 4) is 0 Å². The number of nitro groups is 1. The maximum Gasteiger partial charge on any atom is 0.271 e. The summed E-state index contributed by atoms with van der Waals surface area (Å²) >= 11 is 0. The Kier molecular flexibility index (Phi) is 2.64. The molecule has 2 N–H and O–H groups in total. The number of nitrogens with two attached hydrogens (primary N) is 1. The highest BCUT2D eigenvalue weighted by Gasteiger charge is 2.06. The van der Waals surface area contributed by atoms with Gasteiger partial charge in [-0.05, 0) is 18.1 Å². The van der Waals surface area contributed by atoms with Crippen LogP contribution < -0.4 is 5.73 Å². The van der Waals surface area contributed by atoms with Gasteiger partial charge in [0.25, 0.3) is 5.69 Å². The lowest BCUT2D eigenvalue weighted by Gasteiger charge is -2.01. The summed E-state index contributed by atoms with van der Waals surface area (Å²) in [5.41, 5.74) is 6.91. The van der Waals surface area contributed by atoms with E-state index in [9.17, 15) is 10.1 Å². The van der Waals surface area contributed by atoms with Crippen LogP contribution in [0.5, 0.6) is 0 Å². The largest absolute Gasteiger partial charge is 0.398 e. The number of anilines is 1. The summed E-state index contributed by atoms with van der Waals surface area (Å²) in [7, 11) is 0. The first-order valence-electron chi connectivity index (χ1n) is 3.79. The number of hydrogen-bond donors (Lipinski definition) is 1. The minimum absolute atomic E-state index is 0.0188. The van der Waals surface area contributed by atoms with Crippen LogP contribution in [-0.2, 0) is 6.42 Å². The predicted octanol–water partition coefficient (Wildman–Crippen LogP) is 1.91. The maximum atomic E-state index is 10.4. The van der Waals surface area contributed by atoms with Crippen LogP contribution >= 0.6 is 0 Å². The number of nitrogen functional groups attached to an aromatic ring is 1. The molecule has 13 heavy (non-hydrogen) atoms. The Morgan fingerprint density at radius 3 is 2.77 bits per heavy atom. The van der Waals surface area contributed by atoms with Crippen molar-refractivity contribution in [3.05, 3.63) is 46.5 Å². The van der Waals surface area contributed by atoms with Crippen LogP contribution in [0, 0.1) is 10.1 Å². The minimum Gasteiger partial charge on any atom is -0.398 e. The predicted molar refractivity (Wildman–Crippen MR) is 51.4 cm³/mol. The number of allylic oxidation sites excluding steroid dienone is 1. The molecule has 0 saturated carbocycles. The number of nitro benzene ring substituents is 1. The molecule has 1 rings (SSSR count). The Hall–Kier alpha value is -1.84. The Morgan fingerprint density at radius 2 is 2.31 bits per heavy atom. The Morgan fingerprint density at radius 1 is 1.62 bits per heavy atom. The second-order valence-electron chi connectivity index (χ2n) is 2.63. The van der Waals surface area contributed by atoms with E-state index in [0.29, 0.717) is 12.1 Å². The molecule has 1 aromatic carbocycles. The summed E-state index contributed by atoms with van der Waals surface area (Å²) in [4.78, 5) is 9.89. The summed E-state index contributed by atoms with van der Waals surface area (Å²) in [6.45, 7) is 3.57. The molecular formula is C9H10N2O2. The van der Waals surface area contributed by atoms with E-state index >= 15 is 0 Å². The SMILES string of the molecule is C=CCc1ccc([N+](=O)[O-])cc1N. The van der Waals surface area contributed by atoms with Crippen molar-refractivity contribution in [2.45, 2.75) is 6.42 Å². The highest BCUT2D eigenvalue weighted by molar-refractivity contribution is 5.54. The maximum absolute atomic E-state index is 10.4. The normalized spacial score (nSPS) is 9.54. The van der Waals surface area contributed by atoms with E-state index < -0.39 is 4.92 Å². The molecule has 1 aromatic rings. The monoisotopic (exact) mass is 178 g/mol. The van der Waals surface area contributed by atoms with Gasteiger partial charge in [-0.3, -0.25) is 10.1 Å². The molecule has 0 aromatic heterocycles. The van der Waals surface area contributed by atoms with Gasteiger partial charge in [-0.1, -0.05) is 6.08 Å². The zero-order chi connectivity index (χ0) is 9.84. The van der Waals surface area contributed by atoms with E-state index in [0.717, 1.165) is 5.56 Å². The lowest BCUT2D eigenvalue weighted by atomic mass is 10.1. The van der Waals surface area contributed by atoms with Gasteiger partial charge in [0.2, 0.25) is 0 Å². The van der Waals surface area contributed by atoms with Crippen molar-refractivity contribution in [2.75, 3.05) is 5.73 Å². The van der Waals surface area contributed by atoms with Crippen molar-refractivity contribution in [2.24, 2.45) is 0 Å². The Labute approximate surface area is 75.8 Å². The first kappa shape index (κ1) is 9.25. The van der Waals surface area contributed by atoms with Gasteiger partial charge in [-0.15, -0.1) is 6.58 Å². The first-order valence-corrected chi connectivity index (χ1v) is 3.79. The van der Waals surface area contributed by atoms with Crippen molar-refractivity contribution < 1.29 is 4.92 Å². The molecule has 0 heterocycles. The average Bonchev–Trinajstić information content (AvgIpc) is 2.08. The van der Waals surface area contributed by atoms with E-state index in [-0.39, 0.29) is 5.69 Å². The first-order chi connectivity index (χ1) is 6.15. The molecule has 4 nitrogen and oxygen atoms in total. The quantitative estimate of drug-likeness (QED) is 0.332. The van der Waals surface area contributed by atoms with Crippen LogP contribution in [0.25, 0.3) is 0 Å². The van der Waals surface area contributed by atoms with Crippen molar-refractivity contribution >= 4 is 11.4 Å². The standard InChI is InChI=1S/C9H10N2O2/c1-2-3-7-4-5-8(11(12)13)6-9(7)10/h2,4-6H,1,3,10H2. The van der Waals surface area contributed by atoms with Crippen LogP contribution in [0.15, 0.2) is 30.9 Å². The third-order valence-electron chi connectivity index (χ3n) is 1.70. The van der Waals surface area contributed by atoms with E-state index in [1.54, 1.807) is 12.1 Å². The number of hydrogen-bond acceptors (Lipinski definition) is 3. The highest BCUT2D eigenvalue weighted by Crippen LogP contribution is 2.20. The number of benzene rings is 1. The second-order valence-corrected chi connectivity index (χ2v) is 2.63. The van der Waals surface area contributed by atoms with Gasteiger partial charge in [-0.25, -0.2) is 0 Å². The summed E-state index contributed by atoms with van der Waals surface area (Å²) in [6, 6.07) is 4.45. The molecule has 68 valence electrons. The fourth-order valence-electron chi connectivity index (χ4n) is 1.04. The van der Waals surface area contributed by atoms with E-state index in [1.807, 2.05) is 0 Å². The smallest absolute Gasteiger partial charge is 0.271 e. The van der Waals surface area contributed by atoms with Gasteiger partial charge in [0.1, 0.15) is 0 Å². The number of nitrogens with zero attached hydrogens (tertiary/aromatic N) is 1. The number of rotatable bonds is 3. The fourth-order valence-corrected chi connectivity index (χ4v) is 1.04. The fraction of sp³-hybridized carbons (Fsp3) is 0.111. The Bertz CT molecular complexity index is 347. The van der Waals surface area contributed by atoms with Gasteiger partial charge in [-0.2, -0.15) is 0 Å². The topological polar surface area (TPSA) is 69.2 Å². The van der Waals surface area contributed by atoms with E-state index in [4.69, 9.17) is 5.73 Å². The zero-order valence-electron chi connectivity index (χ0n) is 7.06. The van der Waals surface area contributed by atoms with Crippen molar-refractivity contribution in [1.29, 1.82) is 0 Å². The van der Waals surface area contributed by atoms with Gasteiger partial charge in [0.15, 0.2) is 0 Å². The van der Waals surface area contributed by atoms with Crippen LogP contribution in [0.2, 0.25) is 0 Å². The molecule has 4 heteroatoms. The van der Waals surface area contributed by atoms with Crippen LogP contribution in [-0.4, -0.2) is 4.92 Å². The van der Waals surface area contributed by atoms with E-state index in [1.165, 1.54) is 12.1 Å². The molecular weight excluding hydrogens is 168 g/mol. The van der Waals surface area contributed by atoms with Gasteiger partial charge in [0, 0.05) is 17.8 Å². The summed E-state index contributed by atoms with van der Waals surface area (Å²) in [6.07, 6.45) is 2.33. The average molecular weight is 178 g/mol. The number of non-ortho nitro benzene ring substituents is 1. The van der Waals surface area contributed by atoms with Crippen molar-refractivity contribution in [1.82, 2.24) is 0 Å². The molecule has 0 aliphatic rings. The van der Waals surface area contributed by atoms with Gasteiger partial charge in [0.05, 0.1) is 4.92 Å². The molecule has 0 fully saturated rings. The molecule has 0 spiro atoms. The molecule has 0 unspecified atom stereocenters. The minimum atomic E-state index is -0.464. The molecule has 0 atom stereocenters. The second kappa shape index (κ2) is 3.71. The molecule has 0 amide bonds. The molecule has 0 aliphatic carbocycles. The lowest BCUT2D eigenvalue weighted by molar-refractivity contribution is -0.384. The third-order valence-corrected chi connectivity index (χ3v) is 1.70. The van der Waals surface area contributed by atoms with E-state index in [2.05, 4.69) is 6.58 Å². The molecule has 0 saturated heterocycles. The molecule has 0 bridgehead atoms. The highest BCUT2D eigenvalue weighted by atomic mass is 16.6. The summed E-state index contributed by atoms with van der Waals surface area (Å²) < 4.78 is 0. The molecule has 0 radical (unpaired) electrons. The third kappa shape index (κ3) is 2.05.